The summed E-state index contributed by atoms with van der Waals surface area (Å²) in [6, 6.07) is 9.82. The summed E-state index contributed by atoms with van der Waals surface area (Å²) in [5.41, 5.74) is 1.20. The second-order valence-corrected chi connectivity index (χ2v) is 4.26. The standard InChI is InChI=1S/C16H10ClFN2O/c17-7-1-3-12-5-6-14(9-15(12)18)21-11-13-4-2-8-20-16(13)10-19/h2,4-6,8-9H,7,11H2. The Labute approximate surface area is 127 Å². The van der Waals surface area contributed by atoms with E-state index in [1.807, 2.05) is 6.07 Å². The van der Waals surface area contributed by atoms with Crippen LogP contribution in [-0.2, 0) is 6.61 Å². The monoisotopic (exact) mass is 300 g/mol. The first-order chi connectivity index (χ1) is 10.2. The molecule has 0 bridgehead atoms. The minimum atomic E-state index is -0.475. The molecular weight excluding hydrogens is 291 g/mol. The van der Waals surface area contributed by atoms with Gasteiger partial charge >= 0.3 is 0 Å². The van der Waals surface area contributed by atoms with Crippen molar-refractivity contribution in [1.82, 2.24) is 4.98 Å². The Morgan fingerprint density at radius 2 is 2.19 bits per heavy atom. The number of nitriles is 1. The van der Waals surface area contributed by atoms with Gasteiger partial charge in [-0.15, -0.1) is 11.6 Å². The van der Waals surface area contributed by atoms with Gasteiger partial charge in [0.1, 0.15) is 29.9 Å². The highest BCUT2D eigenvalue weighted by molar-refractivity contribution is 6.19. The number of hydrogen-bond donors (Lipinski definition) is 0. The van der Waals surface area contributed by atoms with Gasteiger partial charge in [0, 0.05) is 17.8 Å². The third-order valence-electron chi connectivity index (χ3n) is 2.62. The lowest BCUT2D eigenvalue weighted by atomic mass is 10.2. The van der Waals surface area contributed by atoms with Crippen molar-refractivity contribution >= 4 is 11.6 Å². The molecule has 0 saturated heterocycles. The lowest BCUT2D eigenvalue weighted by Gasteiger charge is -2.07. The van der Waals surface area contributed by atoms with Crippen LogP contribution in [0.3, 0.4) is 0 Å². The summed E-state index contributed by atoms with van der Waals surface area (Å²) in [5, 5.41) is 8.92. The van der Waals surface area contributed by atoms with E-state index in [4.69, 9.17) is 21.6 Å². The molecule has 104 valence electrons. The van der Waals surface area contributed by atoms with Gasteiger partial charge in [0.05, 0.1) is 11.4 Å². The molecule has 2 aromatic rings. The quantitative estimate of drug-likeness (QED) is 0.645. The number of pyridine rings is 1. The van der Waals surface area contributed by atoms with Crippen molar-refractivity contribution in [2.75, 3.05) is 5.88 Å². The molecule has 0 N–H and O–H groups in total. The van der Waals surface area contributed by atoms with Crippen molar-refractivity contribution in [2.24, 2.45) is 0 Å². The predicted molar refractivity (Wildman–Crippen MR) is 77.3 cm³/mol. The van der Waals surface area contributed by atoms with Crippen LogP contribution in [0.15, 0.2) is 36.5 Å². The molecule has 1 aromatic heterocycles. The van der Waals surface area contributed by atoms with E-state index in [-0.39, 0.29) is 18.1 Å². The fourth-order valence-corrected chi connectivity index (χ4v) is 1.70. The Kier molecular flexibility index (Phi) is 5.15. The normalized spacial score (nSPS) is 9.38. The Morgan fingerprint density at radius 3 is 2.90 bits per heavy atom. The van der Waals surface area contributed by atoms with Crippen LogP contribution in [0, 0.1) is 29.0 Å². The van der Waals surface area contributed by atoms with Crippen LogP contribution in [0.4, 0.5) is 4.39 Å². The lowest BCUT2D eigenvalue weighted by Crippen LogP contribution is -2.00. The van der Waals surface area contributed by atoms with E-state index < -0.39 is 5.82 Å². The topological polar surface area (TPSA) is 45.9 Å². The molecule has 0 aliphatic rings. The predicted octanol–water partition coefficient (Wildman–Crippen LogP) is 3.26. The minimum Gasteiger partial charge on any atom is -0.489 e. The first kappa shape index (κ1) is 14.8. The maximum atomic E-state index is 13.8. The Balaban J connectivity index is 2.11. The van der Waals surface area contributed by atoms with Crippen LogP contribution in [-0.4, -0.2) is 10.9 Å². The van der Waals surface area contributed by atoms with Crippen molar-refractivity contribution in [1.29, 1.82) is 5.26 Å². The number of aromatic nitrogens is 1. The molecule has 2 rings (SSSR count). The summed E-state index contributed by atoms with van der Waals surface area (Å²) in [6.07, 6.45) is 1.53. The highest BCUT2D eigenvalue weighted by atomic mass is 35.5. The van der Waals surface area contributed by atoms with Crippen LogP contribution in [0.25, 0.3) is 0 Å². The number of nitrogens with zero attached hydrogens (tertiary/aromatic N) is 2. The fraction of sp³-hybridized carbons (Fsp3) is 0.125. The molecule has 1 heterocycles. The lowest BCUT2D eigenvalue weighted by molar-refractivity contribution is 0.303. The molecule has 0 unspecified atom stereocenters. The third kappa shape index (κ3) is 3.95. The minimum absolute atomic E-state index is 0.142. The first-order valence-corrected chi connectivity index (χ1v) is 6.59. The summed E-state index contributed by atoms with van der Waals surface area (Å²) in [4.78, 5) is 3.93. The van der Waals surface area contributed by atoms with Gasteiger partial charge in [-0.2, -0.15) is 5.26 Å². The van der Waals surface area contributed by atoms with Gasteiger partial charge in [-0.25, -0.2) is 9.37 Å². The molecule has 0 atom stereocenters. The smallest absolute Gasteiger partial charge is 0.147 e. The second-order valence-electron chi connectivity index (χ2n) is 3.99. The molecule has 0 radical (unpaired) electrons. The zero-order valence-electron chi connectivity index (χ0n) is 10.9. The second kappa shape index (κ2) is 7.28. The average molecular weight is 301 g/mol. The van der Waals surface area contributed by atoms with Gasteiger partial charge in [0.25, 0.3) is 0 Å². The molecule has 1 aromatic carbocycles. The third-order valence-corrected chi connectivity index (χ3v) is 2.76. The summed E-state index contributed by atoms with van der Waals surface area (Å²) >= 11 is 5.43. The number of halogens is 2. The Bertz CT molecular complexity index is 744. The van der Waals surface area contributed by atoms with Crippen molar-refractivity contribution in [3.63, 3.8) is 0 Å². The molecule has 0 aliphatic carbocycles. The van der Waals surface area contributed by atoms with Gasteiger partial charge in [-0.05, 0) is 18.2 Å². The molecule has 0 amide bonds. The number of benzene rings is 1. The summed E-state index contributed by atoms with van der Waals surface area (Å²) < 4.78 is 19.2. The largest absolute Gasteiger partial charge is 0.489 e. The zero-order valence-corrected chi connectivity index (χ0v) is 11.7. The van der Waals surface area contributed by atoms with E-state index in [9.17, 15) is 4.39 Å². The van der Waals surface area contributed by atoms with E-state index >= 15 is 0 Å². The molecule has 21 heavy (non-hydrogen) atoms. The van der Waals surface area contributed by atoms with Crippen LogP contribution in [0.1, 0.15) is 16.8 Å². The van der Waals surface area contributed by atoms with E-state index in [0.717, 1.165) is 0 Å². The average Bonchev–Trinajstić information content (AvgIpc) is 2.52. The number of ether oxygens (including phenoxy) is 1. The molecule has 3 nitrogen and oxygen atoms in total. The SMILES string of the molecule is N#Cc1ncccc1COc1ccc(C#CCCl)c(F)c1. The number of rotatable bonds is 3. The van der Waals surface area contributed by atoms with Crippen molar-refractivity contribution < 1.29 is 9.13 Å². The fourth-order valence-electron chi connectivity index (χ4n) is 1.63. The summed E-state index contributed by atoms with van der Waals surface area (Å²) in [5.74, 6) is 5.24. The number of hydrogen-bond acceptors (Lipinski definition) is 3. The van der Waals surface area contributed by atoms with E-state index in [1.54, 1.807) is 18.2 Å². The van der Waals surface area contributed by atoms with Crippen LogP contribution in [0.2, 0.25) is 0 Å². The molecule has 5 heteroatoms. The Hall–Kier alpha value is -2.56. The zero-order chi connectivity index (χ0) is 15.1. The van der Waals surface area contributed by atoms with Gasteiger partial charge in [0.15, 0.2) is 0 Å². The summed E-state index contributed by atoms with van der Waals surface area (Å²) in [6.45, 7) is 0.142. The van der Waals surface area contributed by atoms with Crippen molar-refractivity contribution in [3.8, 4) is 23.7 Å². The van der Waals surface area contributed by atoms with E-state index in [1.165, 1.54) is 18.3 Å². The molecule has 0 spiro atoms. The highest BCUT2D eigenvalue weighted by Crippen LogP contribution is 2.18. The maximum absolute atomic E-state index is 13.8. The molecule has 0 aliphatic heterocycles. The summed E-state index contributed by atoms with van der Waals surface area (Å²) in [7, 11) is 0. The number of alkyl halides is 1. The first-order valence-electron chi connectivity index (χ1n) is 6.05. The van der Waals surface area contributed by atoms with E-state index in [2.05, 4.69) is 16.8 Å². The van der Waals surface area contributed by atoms with Crippen molar-refractivity contribution in [3.05, 3.63) is 59.2 Å². The van der Waals surface area contributed by atoms with Gasteiger partial charge in [-0.3, -0.25) is 0 Å². The highest BCUT2D eigenvalue weighted by Gasteiger charge is 2.05. The van der Waals surface area contributed by atoms with Gasteiger partial charge < -0.3 is 4.74 Å². The van der Waals surface area contributed by atoms with Crippen LogP contribution >= 0.6 is 11.6 Å². The molecule has 0 fully saturated rings. The Morgan fingerprint density at radius 1 is 1.33 bits per heavy atom. The van der Waals surface area contributed by atoms with Crippen molar-refractivity contribution in [2.45, 2.75) is 6.61 Å². The van der Waals surface area contributed by atoms with Gasteiger partial charge in [0.2, 0.25) is 0 Å². The van der Waals surface area contributed by atoms with Crippen LogP contribution < -0.4 is 4.74 Å². The van der Waals surface area contributed by atoms with E-state index in [0.29, 0.717) is 17.0 Å². The van der Waals surface area contributed by atoms with Gasteiger partial charge in [-0.1, -0.05) is 17.9 Å². The molecular formula is C16H10ClFN2O. The molecule has 0 saturated carbocycles. The van der Waals surface area contributed by atoms with Crippen LogP contribution in [0.5, 0.6) is 5.75 Å². The maximum Gasteiger partial charge on any atom is 0.147 e.